The summed E-state index contributed by atoms with van der Waals surface area (Å²) in [6, 6.07) is 7.74. The molecule has 0 radical (unpaired) electrons. The summed E-state index contributed by atoms with van der Waals surface area (Å²) in [5.41, 5.74) is 1.43. The van der Waals surface area contributed by atoms with E-state index in [1.807, 2.05) is 65.8 Å². The second kappa shape index (κ2) is 6.96. The van der Waals surface area contributed by atoms with E-state index in [1.54, 1.807) is 0 Å². The molecule has 1 aromatic carbocycles. The number of carbonyl (C=O) groups is 1. The second-order valence-corrected chi connectivity index (χ2v) is 9.29. The fourth-order valence-corrected chi connectivity index (χ4v) is 2.08. The molecule has 1 rings (SSSR count). The van der Waals surface area contributed by atoms with Crippen molar-refractivity contribution in [2.24, 2.45) is 4.99 Å². The van der Waals surface area contributed by atoms with Crippen molar-refractivity contribution < 1.29 is 4.79 Å². The molecule has 0 unspecified atom stereocenters. The first kappa shape index (κ1) is 20.2. The van der Waals surface area contributed by atoms with Crippen molar-refractivity contribution in [1.82, 2.24) is 10.6 Å². The minimum Gasteiger partial charge on any atom is -0.351 e. The lowest BCUT2D eigenvalue weighted by Gasteiger charge is -2.26. The Hall–Kier alpha value is -1.84. The molecule has 2 N–H and O–H groups in total. The van der Waals surface area contributed by atoms with Crippen LogP contribution in [0.5, 0.6) is 0 Å². The molecule has 0 aliphatic rings. The summed E-state index contributed by atoms with van der Waals surface area (Å²) in [5.74, 6) is 0.343. The highest BCUT2D eigenvalue weighted by Gasteiger charge is 2.19. The van der Waals surface area contributed by atoms with Crippen molar-refractivity contribution in [2.75, 3.05) is 0 Å². The Morgan fingerprint density at radius 3 is 1.75 bits per heavy atom. The Balaban J connectivity index is 2.98. The monoisotopic (exact) mass is 331 g/mol. The molecule has 0 bridgehead atoms. The standard InChI is InChI=1S/C20H33N3O/c1-18(2,3)15-12-10-14(11-13-15)16(24)21-17(22-19(4,5)6)23-20(7,8)9/h10-13H,1-9H3,(H2,21,22,23,24). The van der Waals surface area contributed by atoms with Crippen LogP contribution in [0, 0.1) is 0 Å². The van der Waals surface area contributed by atoms with Crippen molar-refractivity contribution in [1.29, 1.82) is 0 Å². The maximum absolute atomic E-state index is 12.6. The van der Waals surface area contributed by atoms with E-state index in [9.17, 15) is 4.79 Å². The molecular weight excluding hydrogens is 298 g/mol. The molecule has 134 valence electrons. The molecule has 1 aromatic rings. The predicted octanol–water partition coefficient (Wildman–Crippen LogP) is 4.26. The summed E-state index contributed by atoms with van der Waals surface area (Å²) in [4.78, 5) is 17.1. The number of nitrogens with zero attached hydrogens (tertiary/aromatic N) is 1. The highest BCUT2D eigenvalue weighted by Crippen LogP contribution is 2.22. The van der Waals surface area contributed by atoms with Crippen molar-refractivity contribution in [3.8, 4) is 0 Å². The number of benzene rings is 1. The van der Waals surface area contributed by atoms with Gasteiger partial charge in [-0.1, -0.05) is 32.9 Å². The first-order chi connectivity index (χ1) is 10.7. The van der Waals surface area contributed by atoms with Crippen LogP contribution in [0.2, 0.25) is 0 Å². The van der Waals surface area contributed by atoms with Crippen LogP contribution in [0.4, 0.5) is 0 Å². The normalized spacial score (nSPS) is 13.6. The third kappa shape index (κ3) is 7.16. The van der Waals surface area contributed by atoms with Crippen molar-refractivity contribution in [2.45, 2.75) is 78.8 Å². The quantitative estimate of drug-likeness (QED) is 0.597. The van der Waals surface area contributed by atoms with Crippen LogP contribution in [0.1, 0.15) is 78.2 Å². The van der Waals surface area contributed by atoms with Crippen LogP contribution in [0.15, 0.2) is 29.3 Å². The lowest BCUT2D eigenvalue weighted by Crippen LogP contribution is -2.50. The smallest absolute Gasteiger partial charge is 0.257 e. The fraction of sp³-hybridized carbons (Fsp3) is 0.600. The van der Waals surface area contributed by atoms with Gasteiger partial charge >= 0.3 is 0 Å². The zero-order valence-electron chi connectivity index (χ0n) is 16.7. The Kier molecular flexibility index (Phi) is 5.86. The lowest BCUT2D eigenvalue weighted by molar-refractivity contribution is 0.0975. The van der Waals surface area contributed by atoms with E-state index in [4.69, 9.17) is 0 Å². The van der Waals surface area contributed by atoms with Gasteiger partial charge in [0, 0.05) is 11.1 Å². The Morgan fingerprint density at radius 1 is 0.875 bits per heavy atom. The molecule has 0 fully saturated rings. The van der Waals surface area contributed by atoms with Gasteiger partial charge in [0.1, 0.15) is 0 Å². The van der Waals surface area contributed by atoms with Gasteiger partial charge < -0.3 is 5.32 Å². The molecule has 0 heterocycles. The molecular formula is C20H33N3O. The molecule has 4 heteroatoms. The summed E-state index contributed by atoms with van der Waals surface area (Å²) in [5, 5.41) is 6.17. The molecule has 0 aromatic heterocycles. The van der Waals surface area contributed by atoms with Crippen molar-refractivity contribution in [3.63, 3.8) is 0 Å². The Bertz CT molecular complexity index is 594. The number of amides is 1. The first-order valence-electron chi connectivity index (χ1n) is 8.47. The molecule has 0 saturated heterocycles. The number of rotatable bonds is 1. The second-order valence-electron chi connectivity index (χ2n) is 9.29. The molecule has 0 saturated carbocycles. The Morgan fingerprint density at radius 2 is 1.38 bits per heavy atom. The van der Waals surface area contributed by atoms with Gasteiger partial charge in [0.25, 0.3) is 5.91 Å². The minimum absolute atomic E-state index is 0.0711. The van der Waals surface area contributed by atoms with E-state index in [0.717, 1.165) is 0 Å². The molecule has 0 spiro atoms. The third-order valence-electron chi connectivity index (χ3n) is 3.19. The molecule has 0 atom stereocenters. The van der Waals surface area contributed by atoms with Gasteiger partial charge in [0.05, 0.1) is 5.54 Å². The molecule has 0 aliphatic heterocycles. The summed E-state index contributed by atoms with van der Waals surface area (Å²) >= 11 is 0. The highest BCUT2D eigenvalue weighted by molar-refractivity contribution is 6.05. The van der Waals surface area contributed by atoms with E-state index in [-0.39, 0.29) is 22.4 Å². The topological polar surface area (TPSA) is 53.5 Å². The van der Waals surface area contributed by atoms with Gasteiger partial charge in [0.2, 0.25) is 0 Å². The molecule has 24 heavy (non-hydrogen) atoms. The van der Waals surface area contributed by atoms with Gasteiger partial charge in [0.15, 0.2) is 5.96 Å². The maximum Gasteiger partial charge on any atom is 0.257 e. The van der Waals surface area contributed by atoms with E-state index >= 15 is 0 Å². The SMILES string of the molecule is CC(C)(C)N=C(NC(=O)c1ccc(C(C)(C)C)cc1)NC(C)(C)C. The van der Waals surface area contributed by atoms with Crippen LogP contribution < -0.4 is 10.6 Å². The van der Waals surface area contributed by atoms with E-state index in [1.165, 1.54) is 5.56 Å². The number of nitrogens with one attached hydrogen (secondary N) is 2. The van der Waals surface area contributed by atoms with Gasteiger partial charge in [-0.3, -0.25) is 10.1 Å². The lowest BCUT2D eigenvalue weighted by atomic mass is 9.87. The maximum atomic E-state index is 12.6. The predicted molar refractivity (Wildman–Crippen MR) is 103 cm³/mol. The summed E-state index contributed by atoms with van der Waals surface area (Å²) in [6.45, 7) is 18.6. The zero-order chi connectivity index (χ0) is 18.8. The van der Waals surface area contributed by atoms with Crippen LogP contribution >= 0.6 is 0 Å². The number of carbonyl (C=O) groups excluding carboxylic acids is 1. The van der Waals surface area contributed by atoms with Gasteiger partial charge in [-0.25, -0.2) is 4.99 Å². The minimum atomic E-state index is -0.281. The molecule has 0 aliphatic carbocycles. The Labute approximate surface area is 147 Å². The summed E-state index contributed by atoms with van der Waals surface area (Å²) < 4.78 is 0. The summed E-state index contributed by atoms with van der Waals surface area (Å²) in [6.07, 6.45) is 0. The van der Waals surface area contributed by atoms with Gasteiger partial charge in [-0.2, -0.15) is 0 Å². The van der Waals surface area contributed by atoms with Crippen LogP contribution in [-0.2, 0) is 5.41 Å². The first-order valence-corrected chi connectivity index (χ1v) is 8.47. The van der Waals surface area contributed by atoms with E-state index in [0.29, 0.717) is 11.5 Å². The highest BCUT2D eigenvalue weighted by atomic mass is 16.1. The van der Waals surface area contributed by atoms with E-state index in [2.05, 4.69) is 36.4 Å². The van der Waals surface area contributed by atoms with Crippen LogP contribution in [0.3, 0.4) is 0 Å². The van der Waals surface area contributed by atoms with Crippen LogP contribution in [-0.4, -0.2) is 22.9 Å². The number of hydrogen-bond acceptors (Lipinski definition) is 2. The van der Waals surface area contributed by atoms with Crippen molar-refractivity contribution in [3.05, 3.63) is 35.4 Å². The summed E-state index contributed by atoms with van der Waals surface area (Å²) in [7, 11) is 0. The number of guanidine groups is 1. The fourth-order valence-electron chi connectivity index (χ4n) is 2.08. The average molecular weight is 332 g/mol. The van der Waals surface area contributed by atoms with Crippen LogP contribution in [0.25, 0.3) is 0 Å². The average Bonchev–Trinajstić information content (AvgIpc) is 2.33. The zero-order valence-corrected chi connectivity index (χ0v) is 16.7. The van der Waals surface area contributed by atoms with Crippen molar-refractivity contribution >= 4 is 11.9 Å². The molecule has 4 nitrogen and oxygen atoms in total. The van der Waals surface area contributed by atoms with Gasteiger partial charge in [-0.05, 0) is 64.7 Å². The largest absolute Gasteiger partial charge is 0.351 e. The number of hydrogen-bond donors (Lipinski definition) is 2. The number of aliphatic imine (C=N–C) groups is 1. The van der Waals surface area contributed by atoms with Gasteiger partial charge in [-0.15, -0.1) is 0 Å². The third-order valence-corrected chi connectivity index (χ3v) is 3.19. The van der Waals surface area contributed by atoms with E-state index < -0.39 is 0 Å². The molecule has 1 amide bonds.